The van der Waals surface area contributed by atoms with Crippen LogP contribution in [0.5, 0.6) is 0 Å². The number of nitrogens with zero attached hydrogens (tertiary/aromatic N) is 1. The molecule has 0 radical (unpaired) electrons. The van der Waals surface area contributed by atoms with Crippen molar-refractivity contribution < 1.29 is 14.7 Å². The summed E-state index contributed by atoms with van der Waals surface area (Å²) < 4.78 is 0. The fourth-order valence-corrected chi connectivity index (χ4v) is 2.85. The molecule has 0 saturated heterocycles. The molecule has 5 nitrogen and oxygen atoms in total. The Morgan fingerprint density at radius 2 is 1.90 bits per heavy atom. The quantitative estimate of drug-likeness (QED) is 0.785. The highest BCUT2D eigenvalue weighted by Crippen LogP contribution is 2.50. The lowest BCUT2D eigenvalue weighted by Gasteiger charge is -2.31. The predicted molar refractivity (Wildman–Crippen MR) is 80.9 cm³/mol. The van der Waals surface area contributed by atoms with Crippen LogP contribution in [-0.4, -0.2) is 34.5 Å². The molecule has 1 atom stereocenters. The predicted octanol–water partition coefficient (Wildman–Crippen LogP) is 2.01. The Morgan fingerprint density at radius 3 is 2.33 bits per heavy atom. The van der Waals surface area contributed by atoms with Crippen LogP contribution in [0.4, 0.5) is 5.69 Å². The summed E-state index contributed by atoms with van der Waals surface area (Å²) in [5.74, 6) is -0.852. The van der Waals surface area contributed by atoms with Crippen molar-refractivity contribution in [2.45, 2.75) is 44.6 Å². The lowest BCUT2D eigenvalue weighted by Crippen LogP contribution is -2.45. The Kier molecular flexibility index (Phi) is 4.21. The molecule has 5 heteroatoms. The first-order valence-electron chi connectivity index (χ1n) is 7.29. The van der Waals surface area contributed by atoms with Crippen LogP contribution >= 0.6 is 0 Å². The average Bonchev–Trinajstić information content (AvgIpc) is 3.21. The number of rotatable bonds is 6. The fourth-order valence-electron chi connectivity index (χ4n) is 2.85. The van der Waals surface area contributed by atoms with E-state index in [1.165, 1.54) is 0 Å². The van der Waals surface area contributed by atoms with Gasteiger partial charge in [0.2, 0.25) is 5.91 Å². The highest BCUT2D eigenvalue weighted by atomic mass is 16.4. The van der Waals surface area contributed by atoms with Gasteiger partial charge in [-0.25, -0.2) is 0 Å². The number of amides is 1. The second kappa shape index (κ2) is 5.76. The maximum absolute atomic E-state index is 12.9. The van der Waals surface area contributed by atoms with Crippen molar-refractivity contribution in [3.63, 3.8) is 0 Å². The lowest BCUT2D eigenvalue weighted by molar-refractivity contribution is -0.141. The monoisotopic (exact) mass is 290 g/mol. The third-order valence-corrected chi connectivity index (χ3v) is 4.23. The molecule has 1 unspecified atom stereocenters. The summed E-state index contributed by atoms with van der Waals surface area (Å²) in [7, 11) is 0. The van der Waals surface area contributed by atoms with Crippen molar-refractivity contribution in [2.75, 3.05) is 12.3 Å². The minimum atomic E-state index is -0.883. The van der Waals surface area contributed by atoms with Crippen LogP contribution in [0.15, 0.2) is 24.3 Å². The third-order valence-electron chi connectivity index (χ3n) is 4.23. The molecule has 1 aliphatic rings. The molecular formula is C16H22N2O3. The highest BCUT2D eigenvalue weighted by molar-refractivity contribution is 5.92. The molecule has 0 aliphatic heterocycles. The zero-order valence-electron chi connectivity index (χ0n) is 12.5. The van der Waals surface area contributed by atoms with Gasteiger partial charge >= 0.3 is 5.97 Å². The van der Waals surface area contributed by atoms with Crippen molar-refractivity contribution in [1.29, 1.82) is 0 Å². The van der Waals surface area contributed by atoms with Crippen LogP contribution in [0.25, 0.3) is 0 Å². The van der Waals surface area contributed by atoms with Gasteiger partial charge in [0.1, 0.15) is 0 Å². The Bertz CT molecular complexity index is 535. The summed E-state index contributed by atoms with van der Waals surface area (Å²) in [6, 6.07) is 7.11. The number of carboxylic acids is 1. The van der Waals surface area contributed by atoms with Gasteiger partial charge in [0, 0.05) is 18.3 Å². The third kappa shape index (κ3) is 3.01. The molecular weight excluding hydrogens is 268 g/mol. The van der Waals surface area contributed by atoms with E-state index in [1.807, 2.05) is 19.1 Å². The molecule has 3 N–H and O–H groups in total. The zero-order valence-corrected chi connectivity index (χ0v) is 12.5. The van der Waals surface area contributed by atoms with Gasteiger partial charge < -0.3 is 15.7 Å². The van der Waals surface area contributed by atoms with Crippen LogP contribution in [0, 0.1) is 0 Å². The van der Waals surface area contributed by atoms with E-state index in [-0.39, 0.29) is 18.4 Å². The molecule has 0 bridgehead atoms. The van der Waals surface area contributed by atoms with Crippen LogP contribution in [0.2, 0.25) is 0 Å². The van der Waals surface area contributed by atoms with Crippen molar-refractivity contribution in [2.24, 2.45) is 0 Å². The van der Waals surface area contributed by atoms with Gasteiger partial charge in [-0.1, -0.05) is 12.1 Å². The standard InChI is InChI=1S/C16H22N2O3/c1-3-18(11(2)10-14(19)20)15(21)16(8-9-16)12-4-6-13(17)7-5-12/h4-7,11H,3,8-10,17H2,1-2H3,(H,19,20). The molecule has 2 rings (SSSR count). The van der Waals surface area contributed by atoms with Crippen LogP contribution in [-0.2, 0) is 15.0 Å². The highest BCUT2D eigenvalue weighted by Gasteiger charge is 2.53. The average molecular weight is 290 g/mol. The molecule has 0 aromatic heterocycles. The first-order valence-corrected chi connectivity index (χ1v) is 7.29. The van der Waals surface area contributed by atoms with Gasteiger partial charge in [-0.05, 0) is 44.4 Å². The molecule has 1 fully saturated rings. The van der Waals surface area contributed by atoms with Gasteiger partial charge in [-0.2, -0.15) is 0 Å². The van der Waals surface area contributed by atoms with E-state index in [4.69, 9.17) is 10.8 Å². The molecule has 114 valence electrons. The summed E-state index contributed by atoms with van der Waals surface area (Å²) in [4.78, 5) is 25.4. The summed E-state index contributed by atoms with van der Waals surface area (Å²) in [5.41, 5.74) is 6.87. The maximum Gasteiger partial charge on any atom is 0.305 e. The molecule has 1 amide bonds. The number of benzene rings is 1. The van der Waals surface area contributed by atoms with Crippen LogP contribution in [0.1, 0.15) is 38.7 Å². The van der Waals surface area contributed by atoms with Crippen molar-refractivity contribution in [3.8, 4) is 0 Å². The molecule has 0 spiro atoms. The molecule has 1 saturated carbocycles. The SMILES string of the molecule is CCN(C(=O)C1(c2ccc(N)cc2)CC1)C(C)CC(=O)O. The second-order valence-corrected chi connectivity index (χ2v) is 5.74. The normalized spacial score (nSPS) is 17.0. The number of hydrogen-bond donors (Lipinski definition) is 2. The summed E-state index contributed by atoms with van der Waals surface area (Å²) in [6.45, 7) is 4.19. The van der Waals surface area contributed by atoms with Crippen molar-refractivity contribution in [1.82, 2.24) is 4.90 Å². The Hall–Kier alpha value is -2.04. The number of nitrogens with two attached hydrogens (primary N) is 1. The van der Waals surface area contributed by atoms with E-state index in [2.05, 4.69) is 0 Å². The van der Waals surface area contributed by atoms with E-state index >= 15 is 0 Å². The van der Waals surface area contributed by atoms with E-state index < -0.39 is 11.4 Å². The van der Waals surface area contributed by atoms with E-state index in [0.717, 1.165) is 18.4 Å². The Morgan fingerprint density at radius 1 is 1.33 bits per heavy atom. The maximum atomic E-state index is 12.9. The summed E-state index contributed by atoms with van der Waals surface area (Å²) in [6.07, 6.45) is 1.59. The van der Waals surface area contributed by atoms with Crippen molar-refractivity contribution in [3.05, 3.63) is 29.8 Å². The minimum Gasteiger partial charge on any atom is -0.481 e. The Labute approximate surface area is 124 Å². The zero-order chi connectivity index (χ0) is 15.6. The Balaban J connectivity index is 2.20. The van der Waals surface area contributed by atoms with Gasteiger partial charge in [0.25, 0.3) is 0 Å². The topological polar surface area (TPSA) is 83.6 Å². The van der Waals surface area contributed by atoms with Gasteiger partial charge in [-0.15, -0.1) is 0 Å². The van der Waals surface area contributed by atoms with Crippen LogP contribution in [0.3, 0.4) is 0 Å². The number of anilines is 1. The number of hydrogen-bond acceptors (Lipinski definition) is 3. The number of carbonyl (C=O) groups excluding carboxylic acids is 1. The number of carboxylic acid groups (broad SMARTS) is 1. The van der Waals surface area contributed by atoms with Gasteiger partial charge in [0.15, 0.2) is 0 Å². The largest absolute Gasteiger partial charge is 0.481 e. The summed E-state index contributed by atoms with van der Waals surface area (Å²) >= 11 is 0. The first-order chi connectivity index (χ1) is 9.90. The van der Waals surface area contributed by atoms with Gasteiger partial charge in [-0.3, -0.25) is 9.59 Å². The molecule has 1 aromatic carbocycles. The minimum absolute atomic E-state index is 0.0304. The molecule has 0 heterocycles. The number of carbonyl (C=O) groups is 2. The lowest BCUT2D eigenvalue weighted by atomic mass is 9.93. The van der Waals surface area contributed by atoms with E-state index in [1.54, 1.807) is 24.0 Å². The summed E-state index contributed by atoms with van der Waals surface area (Å²) in [5, 5.41) is 8.92. The van der Waals surface area contributed by atoms with Crippen molar-refractivity contribution >= 4 is 17.6 Å². The number of likely N-dealkylation sites (N-methyl/N-ethyl adjacent to an activating group) is 1. The number of nitrogen functional groups attached to an aromatic ring is 1. The smallest absolute Gasteiger partial charge is 0.305 e. The van der Waals surface area contributed by atoms with E-state index in [0.29, 0.717) is 12.2 Å². The molecule has 1 aliphatic carbocycles. The fraction of sp³-hybridized carbons (Fsp3) is 0.500. The second-order valence-electron chi connectivity index (χ2n) is 5.74. The first kappa shape index (κ1) is 15.4. The molecule has 1 aromatic rings. The van der Waals surface area contributed by atoms with E-state index in [9.17, 15) is 9.59 Å². The number of aliphatic carboxylic acids is 1. The molecule has 21 heavy (non-hydrogen) atoms. The van der Waals surface area contributed by atoms with Gasteiger partial charge in [0.05, 0.1) is 11.8 Å². The van der Waals surface area contributed by atoms with Crippen LogP contribution < -0.4 is 5.73 Å².